The van der Waals surface area contributed by atoms with Gasteiger partial charge in [0.25, 0.3) is 0 Å². The van der Waals surface area contributed by atoms with Crippen LogP contribution in [0.1, 0.15) is 27.1 Å². The van der Waals surface area contributed by atoms with Crippen LogP contribution < -0.4 is 0 Å². The lowest BCUT2D eigenvalue weighted by atomic mass is 10.1. The van der Waals surface area contributed by atoms with Gasteiger partial charge in [0.2, 0.25) is 5.91 Å². The van der Waals surface area contributed by atoms with E-state index in [0.29, 0.717) is 6.54 Å². The molecule has 8 heteroatoms. The zero-order valence-corrected chi connectivity index (χ0v) is 15.4. The van der Waals surface area contributed by atoms with Gasteiger partial charge < -0.3 is 4.90 Å². The smallest absolute Gasteiger partial charge is 0.227 e. The number of amides is 1. The molecule has 134 valence electrons. The molecular weight excluding hydrogens is 363 g/mol. The summed E-state index contributed by atoms with van der Waals surface area (Å²) in [5, 5.41) is -0.0157. The van der Waals surface area contributed by atoms with Crippen molar-refractivity contribution in [2.75, 3.05) is 18.8 Å². The lowest BCUT2D eigenvalue weighted by Crippen LogP contribution is -2.34. The third-order valence-electron chi connectivity index (χ3n) is 4.34. The highest BCUT2D eigenvalue weighted by Crippen LogP contribution is 2.31. The van der Waals surface area contributed by atoms with Gasteiger partial charge in [-0.1, -0.05) is 18.2 Å². The molecule has 0 spiro atoms. The van der Waals surface area contributed by atoms with Crippen LogP contribution in [0, 0.1) is 12.7 Å². The van der Waals surface area contributed by atoms with Crippen molar-refractivity contribution >= 4 is 27.1 Å². The number of carbonyl (C=O) groups is 1. The maximum Gasteiger partial charge on any atom is 0.227 e. The number of thiazole rings is 1. The first-order valence-electron chi connectivity index (χ1n) is 8.02. The maximum atomic E-state index is 14.0. The van der Waals surface area contributed by atoms with Crippen LogP contribution in [0.15, 0.2) is 30.5 Å². The normalized spacial score (nSPS) is 20.2. The molecule has 1 saturated heterocycles. The SMILES string of the molecule is Cc1ncc(CC(=O)N2CCC(c3ccccc3F)S(=O)(=O)CC2)s1. The van der Waals surface area contributed by atoms with E-state index in [1.54, 1.807) is 17.2 Å². The molecule has 1 aliphatic heterocycles. The number of nitrogens with zero attached hydrogens (tertiary/aromatic N) is 2. The number of halogens is 1. The second kappa shape index (κ2) is 7.21. The molecule has 1 fully saturated rings. The molecule has 25 heavy (non-hydrogen) atoms. The zero-order chi connectivity index (χ0) is 18.0. The predicted molar refractivity (Wildman–Crippen MR) is 94.7 cm³/mol. The predicted octanol–water partition coefficient (Wildman–Crippen LogP) is 2.52. The van der Waals surface area contributed by atoms with Gasteiger partial charge in [0, 0.05) is 29.7 Å². The molecule has 0 aliphatic carbocycles. The van der Waals surface area contributed by atoms with Crippen LogP contribution in [0.4, 0.5) is 4.39 Å². The van der Waals surface area contributed by atoms with Gasteiger partial charge in [-0.25, -0.2) is 17.8 Å². The average molecular weight is 382 g/mol. The van der Waals surface area contributed by atoms with Crippen molar-refractivity contribution in [1.82, 2.24) is 9.88 Å². The van der Waals surface area contributed by atoms with Gasteiger partial charge in [-0.3, -0.25) is 4.79 Å². The highest BCUT2D eigenvalue weighted by Gasteiger charge is 2.34. The molecule has 5 nitrogen and oxygen atoms in total. The molecule has 1 unspecified atom stereocenters. The highest BCUT2D eigenvalue weighted by molar-refractivity contribution is 7.91. The summed E-state index contributed by atoms with van der Waals surface area (Å²) in [7, 11) is -3.51. The van der Waals surface area contributed by atoms with Crippen molar-refractivity contribution in [2.24, 2.45) is 0 Å². The Morgan fingerprint density at radius 1 is 1.36 bits per heavy atom. The van der Waals surface area contributed by atoms with E-state index in [1.807, 2.05) is 6.92 Å². The number of hydrogen-bond donors (Lipinski definition) is 0. The number of carbonyl (C=O) groups excluding carboxylic acids is 1. The third-order valence-corrected chi connectivity index (χ3v) is 7.36. The fourth-order valence-corrected chi connectivity index (χ4v) is 5.61. The van der Waals surface area contributed by atoms with E-state index in [4.69, 9.17) is 0 Å². The Balaban J connectivity index is 1.76. The van der Waals surface area contributed by atoms with Gasteiger partial charge in [0.05, 0.1) is 22.4 Å². The minimum Gasteiger partial charge on any atom is -0.341 e. The van der Waals surface area contributed by atoms with Gasteiger partial charge in [-0.05, 0) is 19.4 Å². The lowest BCUT2D eigenvalue weighted by molar-refractivity contribution is -0.130. The van der Waals surface area contributed by atoms with Crippen LogP contribution in [-0.4, -0.2) is 43.1 Å². The van der Waals surface area contributed by atoms with Crippen LogP contribution in [0.5, 0.6) is 0 Å². The summed E-state index contributed by atoms with van der Waals surface area (Å²) in [6.07, 6.45) is 2.10. The van der Waals surface area contributed by atoms with Crippen LogP contribution in [0.2, 0.25) is 0 Å². The number of aromatic nitrogens is 1. The average Bonchev–Trinajstić information content (AvgIpc) is 2.88. The highest BCUT2D eigenvalue weighted by atomic mass is 32.2. The Kier molecular flexibility index (Phi) is 5.19. The number of sulfone groups is 1. The van der Waals surface area contributed by atoms with Gasteiger partial charge in [0.15, 0.2) is 9.84 Å². The van der Waals surface area contributed by atoms with E-state index in [0.717, 1.165) is 9.88 Å². The number of aryl methyl sites for hydroxylation is 1. The number of hydrogen-bond acceptors (Lipinski definition) is 5. The zero-order valence-electron chi connectivity index (χ0n) is 13.8. The second-order valence-electron chi connectivity index (χ2n) is 6.07. The molecule has 3 rings (SSSR count). The molecule has 0 radical (unpaired) electrons. The molecule has 2 heterocycles. The summed E-state index contributed by atoms with van der Waals surface area (Å²) >= 11 is 1.46. The standard InChI is InChI=1S/C17H19FN2O3S2/c1-12-19-11-13(24-12)10-17(21)20-7-6-16(25(22,23)9-8-20)14-4-2-3-5-15(14)18/h2-5,11,16H,6-10H2,1H3. The molecule has 0 bridgehead atoms. The van der Waals surface area contributed by atoms with Crippen LogP contribution in [0.25, 0.3) is 0 Å². The van der Waals surface area contributed by atoms with E-state index < -0.39 is 20.9 Å². The molecule has 1 atom stereocenters. The molecule has 0 saturated carbocycles. The Morgan fingerprint density at radius 2 is 2.12 bits per heavy atom. The topological polar surface area (TPSA) is 67.3 Å². The van der Waals surface area contributed by atoms with E-state index in [1.165, 1.54) is 29.5 Å². The van der Waals surface area contributed by atoms with Crippen molar-refractivity contribution in [3.8, 4) is 0 Å². The van der Waals surface area contributed by atoms with E-state index in [-0.39, 0.29) is 36.6 Å². The minimum atomic E-state index is -3.51. The molecule has 2 aromatic rings. The van der Waals surface area contributed by atoms with Gasteiger partial charge in [-0.2, -0.15) is 0 Å². The summed E-state index contributed by atoms with van der Waals surface area (Å²) in [5.41, 5.74) is 0.190. The van der Waals surface area contributed by atoms with Crippen LogP contribution >= 0.6 is 11.3 Å². The Morgan fingerprint density at radius 3 is 2.80 bits per heavy atom. The molecular formula is C17H19FN2O3S2. The van der Waals surface area contributed by atoms with Crippen molar-refractivity contribution in [1.29, 1.82) is 0 Å². The lowest BCUT2D eigenvalue weighted by Gasteiger charge is -2.19. The minimum absolute atomic E-state index is 0.118. The second-order valence-corrected chi connectivity index (χ2v) is 9.69. The van der Waals surface area contributed by atoms with Crippen LogP contribution in [0.3, 0.4) is 0 Å². The third kappa shape index (κ3) is 4.07. The van der Waals surface area contributed by atoms with Crippen molar-refractivity contribution < 1.29 is 17.6 Å². The Hall–Kier alpha value is -1.80. The largest absolute Gasteiger partial charge is 0.341 e. The Labute approximate surface area is 150 Å². The number of rotatable bonds is 3. The van der Waals surface area contributed by atoms with Crippen LogP contribution in [-0.2, 0) is 21.1 Å². The molecule has 1 amide bonds. The summed E-state index contributed by atoms with van der Waals surface area (Å²) in [6.45, 7) is 2.31. The quantitative estimate of drug-likeness (QED) is 0.818. The van der Waals surface area contributed by atoms with Crippen molar-refractivity contribution in [3.63, 3.8) is 0 Å². The summed E-state index contributed by atoms with van der Waals surface area (Å²) in [4.78, 5) is 19.0. The Bertz CT molecular complexity index is 880. The first-order chi connectivity index (χ1) is 11.9. The number of benzene rings is 1. The monoisotopic (exact) mass is 382 g/mol. The molecule has 1 aliphatic rings. The van der Waals surface area contributed by atoms with Crippen molar-refractivity contribution in [3.05, 3.63) is 51.7 Å². The van der Waals surface area contributed by atoms with E-state index in [2.05, 4.69) is 4.98 Å². The van der Waals surface area contributed by atoms with E-state index >= 15 is 0 Å². The first kappa shape index (κ1) is 18.0. The summed E-state index contributed by atoms with van der Waals surface area (Å²) in [5.74, 6) is -0.788. The van der Waals surface area contributed by atoms with Gasteiger partial charge in [-0.15, -0.1) is 11.3 Å². The van der Waals surface area contributed by atoms with E-state index in [9.17, 15) is 17.6 Å². The van der Waals surface area contributed by atoms with Gasteiger partial charge in [0.1, 0.15) is 5.82 Å². The molecule has 0 N–H and O–H groups in total. The first-order valence-corrected chi connectivity index (χ1v) is 10.5. The fourth-order valence-electron chi connectivity index (χ4n) is 3.03. The summed E-state index contributed by atoms with van der Waals surface area (Å²) in [6, 6.07) is 5.95. The van der Waals surface area contributed by atoms with Crippen molar-refractivity contribution in [2.45, 2.75) is 25.0 Å². The summed E-state index contributed by atoms with van der Waals surface area (Å²) < 4.78 is 39.2. The maximum absolute atomic E-state index is 14.0. The molecule has 1 aromatic heterocycles. The van der Waals surface area contributed by atoms with Gasteiger partial charge >= 0.3 is 0 Å². The molecule has 1 aromatic carbocycles. The fraction of sp³-hybridized carbons (Fsp3) is 0.412.